The van der Waals surface area contributed by atoms with E-state index in [4.69, 9.17) is 0 Å². The monoisotopic (exact) mass is 281 g/mol. The van der Waals surface area contributed by atoms with E-state index in [9.17, 15) is 19.7 Å². The zero-order chi connectivity index (χ0) is 15.0. The largest absolute Gasteiger partial charge is 0.437 e. The van der Waals surface area contributed by atoms with Crippen molar-refractivity contribution in [2.75, 3.05) is 0 Å². The first-order valence-corrected chi connectivity index (χ1v) is 6.17. The number of H-pyrrole nitrogens is 1. The van der Waals surface area contributed by atoms with Gasteiger partial charge in [-0.2, -0.15) is 0 Å². The van der Waals surface area contributed by atoms with Gasteiger partial charge in [-0.3, -0.25) is 14.3 Å². The molecule has 0 aromatic carbocycles. The SMILES string of the molecule is CC(C)CCn1c([N+](=O)[O-])nc2c1c(=O)[nH]c(=O)n2C. The highest BCUT2D eigenvalue weighted by Crippen LogP contribution is 2.18. The molecule has 108 valence electrons. The van der Waals surface area contributed by atoms with E-state index in [1.54, 1.807) is 0 Å². The predicted octanol–water partition coefficient (Wildman–Crippen LogP) is 0.378. The van der Waals surface area contributed by atoms with E-state index in [2.05, 4.69) is 9.97 Å². The van der Waals surface area contributed by atoms with Crippen molar-refractivity contribution < 1.29 is 4.92 Å². The Morgan fingerprint density at radius 1 is 1.40 bits per heavy atom. The molecule has 0 spiro atoms. The summed E-state index contributed by atoms with van der Waals surface area (Å²) in [5.74, 6) is -0.106. The van der Waals surface area contributed by atoms with Crippen LogP contribution >= 0.6 is 0 Å². The van der Waals surface area contributed by atoms with Crippen molar-refractivity contribution >= 4 is 17.1 Å². The summed E-state index contributed by atoms with van der Waals surface area (Å²) in [5, 5.41) is 11.1. The Labute approximate surface area is 113 Å². The molecule has 0 atom stereocenters. The lowest BCUT2D eigenvalue weighted by atomic mass is 10.1. The average Bonchev–Trinajstić information content (AvgIpc) is 2.73. The third-order valence-corrected chi connectivity index (χ3v) is 3.08. The lowest BCUT2D eigenvalue weighted by Gasteiger charge is -2.04. The van der Waals surface area contributed by atoms with E-state index in [1.807, 2.05) is 13.8 Å². The highest BCUT2D eigenvalue weighted by Gasteiger charge is 2.26. The molecule has 1 N–H and O–H groups in total. The Morgan fingerprint density at radius 2 is 2.05 bits per heavy atom. The number of nitrogens with zero attached hydrogens (tertiary/aromatic N) is 4. The average molecular weight is 281 g/mol. The molecular weight excluding hydrogens is 266 g/mol. The zero-order valence-electron chi connectivity index (χ0n) is 11.4. The molecular formula is C11H15N5O4. The Bertz CT molecular complexity index is 782. The molecule has 0 aliphatic rings. The maximum Gasteiger partial charge on any atom is 0.437 e. The molecule has 0 radical (unpaired) electrons. The summed E-state index contributed by atoms with van der Waals surface area (Å²) in [4.78, 5) is 39.8. The van der Waals surface area contributed by atoms with Gasteiger partial charge in [0.15, 0.2) is 0 Å². The van der Waals surface area contributed by atoms with Gasteiger partial charge in [-0.1, -0.05) is 13.8 Å². The molecule has 2 heterocycles. The molecule has 0 unspecified atom stereocenters. The smallest absolute Gasteiger partial charge is 0.390 e. The molecule has 0 aliphatic heterocycles. The number of aryl methyl sites for hydroxylation is 2. The van der Waals surface area contributed by atoms with Crippen molar-refractivity contribution in [3.05, 3.63) is 31.0 Å². The minimum Gasteiger partial charge on any atom is -0.390 e. The molecule has 0 bridgehead atoms. The number of aromatic amines is 1. The Kier molecular flexibility index (Phi) is 3.43. The molecule has 2 aromatic rings. The number of hydrogen-bond donors (Lipinski definition) is 1. The van der Waals surface area contributed by atoms with Crippen LogP contribution in [0.2, 0.25) is 0 Å². The van der Waals surface area contributed by atoms with Gasteiger partial charge in [-0.25, -0.2) is 9.36 Å². The molecule has 20 heavy (non-hydrogen) atoms. The molecule has 0 fully saturated rings. The molecule has 2 rings (SSSR count). The minimum atomic E-state index is -0.660. The second kappa shape index (κ2) is 4.91. The van der Waals surface area contributed by atoms with Gasteiger partial charge >= 0.3 is 11.6 Å². The minimum absolute atomic E-state index is 0.0224. The van der Waals surface area contributed by atoms with Gasteiger partial charge in [0.25, 0.3) is 11.2 Å². The van der Waals surface area contributed by atoms with Gasteiger partial charge in [-0.05, 0) is 22.2 Å². The molecule has 0 aliphatic carbocycles. The van der Waals surface area contributed by atoms with E-state index in [0.29, 0.717) is 18.9 Å². The van der Waals surface area contributed by atoms with Crippen molar-refractivity contribution in [1.29, 1.82) is 0 Å². The quantitative estimate of drug-likeness (QED) is 0.642. The number of nitrogens with one attached hydrogen (secondary N) is 1. The fraction of sp³-hybridized carbons (Fsp3) is 0.545. The van der Waals surface area contributed by atoms with Gasteiger partial charge in [0.1, 0.15) is 0 Å². The third-order valence-electron chi connectivity index (χ3n) is 3.08. The number of rotatable bonds is 4. The summed E-state index contributed by atoms with van der Waals surface area (Å²) in [6.07, 6.45) is 0.661. The van der Waals surface area contributed by atoms with E-state index in [1.165, 1.54) is 11.6 Å². The summed E-state index contributed by atoms with van der Waals surface area (Å²) in [6.45, 7) is 4.25. The van der Waals surface area contributed by atoms with Crippen molar-refractivity contribution in [1.82, 2.24) is 19.1 Å². The number of aromatic nitrogens is 4. The molecule has 0 amide bonds. The van der Waals surface area contributed by atoms with Crippen LogP contribution in [0.15, 0.2) is 9.59 Å². The second-order valence-corrected chi connectivity index (χ2v) is 4.99. The molecule has 9 nitrogen and oxygen atoms in total. The van der Waals surface area contributed by atoms with Crippen LogP contribution in [0, 0.1) is 16.0 Å². The standard InChI is InChI=1S/C11H15N5O4/c1-6(2)4-5-15-7-8(12-10(15)16(19)20)14(3)11(18)13-9(7)17/h6H,4-5H2,1-3H3,(H,13,17,18). The number of hydrogen-bond acceptors (Lipinski definition) is 5. The molecule has 2 aromatic heterocycles. The normalized spacial score (nSPS) is 11.4. The van der Waals surface area contributed by atoms with Crippen LogP contribution in [-0.4, -0.2) is 24.0 Å². The summed E-state index contributed by atoms with van der Waals surface area (Å²) in [5.41, 5.74) is -1.23. The summed E-state index contributed by atoms with van der Waals surface area (Å²) in [7, 11) is 1.41. The fourth-order valence-corrected chi connectivity index (χ4v) is 1.96. The predicted molar refractivity (Wildman–Crippen MR) is 71.7 cm³/mol. The topological polar surface area (TPSA) is 116 Å². The Hall–Kier alpha value is -2.45. The number of nitro groups is 1. The summed E-state index contributed by atoms with van der Waals surface area (Å²) in [6, 6.07) is 0. The number of fused-ring (bicyclic) bond motifs is 1. The van der Waals surface area contributed by atoms with Crippen LogP contribution in [-0.2, 0) is 13.6 Å². The van der Waals surface area contributed by atoms with Crippen LogP contribution in [0.4, 0.5) is 5.95 Å². The molecule has 9 heteroatoms. The van der Waals surface area contributed by atoms with Crippen molar-refractivity contribution in [3.8, 4) is 0 Å². The molecule has 0 saturated carbocycles. The zero-order valence-corrected chi connectivity index (χ0v) is 11.4. The van der Waals surface area contributed by atoms with E-state index < -0.39 is 22.1 Å². The van der Waals surface area contributed by atoms with Gasteiger partial charge in [0.2, 0.25) is 5.52 Å². The molecule has 0 saturated heterocycles. The van der Waals surface area contributed by atoms with Crippen LogP contribution < -0.4 is 11.2 Å². The van der Waals surface area contributed by atoms with Crippen LogP contribution in [0.25, 0.3) is 11.2 Å². The van der Waals surface area contributed by atoms with Gasteiger partial charge in [0, 0.05) is 7.05 Å². The maximum absolute atomic E-state index is 11.9. The van der Waals surface area contributed by atoms with Crippen molar-refractivity contribution in [2.45, 2.75) is 26.8 Å². The van der Waals surface area contributed by atoms with Gasteiger partial charge in [-0.15, -0.1) is 0 Å². The fourth-order valence-electron chi connectivity index (χ4n) is 1.96. The Balaban J connectivity index is 2.78. The highest BCUT2D eigenvalue weighted by atomic mass is 16.6. The van der Waals surface area contributed by atoms with E-state index >= 15 is 0 Å². The highest BCUT2D eigenvalue weighted by molar-refractivity contribution is 5.72. The first kappa shape index (κ1) is 14.0. The maximum atomic E-state index is 11.9. The summed E-state index contributed by atoms with van der Waals surface area (Å²) >= 11 is 0. The van der Waals surface area contributed by atoms with Gasteiger partial charge in [0.05, 0.1) is 6.54 Å². The lowest BCUT2D eigenvalue weighted by Crippen LogP contribution is -2.29. The van der Waals surface area contributed by atoms with Crippen LogP contribution in [0.5, 0.6) is 0 Å². The van der Waals surface area contributed by atoms with Crippen molar-refractivity contribution in [3.63, 3.8) is 0 Å². The van der Waals surface area contributed by atoms with E-state index in [0.717, 1.165) is 4.57 Å². The van der Waals surface area contributed by atoms with E-state index in [-0.39, 0.29) is 11.2 Å². The van der Waals surface area contributed by atoms with Crippen LogP contribution in [0.1, 0.15) is 20.3 Å². The van der Waals surface area contributed by atoms with Gasteiger partial charge < -0.3 is 10.1 Å². The number of imidazole rings is 1. The summed E-state index contributed by atoms with van der Waals surface area (Å²) < 4.78 is 2.35. The third kappa shape index (κ3) is 2.22. The van der Waals surface area contributed by atoms with Crippen LogP contribution in [0.3, 0.4) is 0 Å². The first-order valence-electron chi connectivity index (χ1n) is 6.17. The Morgan fingerprint density at radius 3 is 2.60 bits per heavy atom. The second-order valence-electron chi connectivity index (χ2n) is 4.99. The lowest BCUT2D eigenvalue weighted by molar-refractivity contribution is -0.396. The first-order chi connectivity index (χ1) is 9.32. The van der Waals surface area contributed by atoms with Crippen molar-refractivity contribution in [2.24, 2.45) is 13.0 Å².